The van der Waals surface area contributed by atoms with Gasteiger partial charge in [0, 0.05) is 10.4 Å². The Morgan fingerprint density at radius 2 is 1.64 bits per heavy atom. The minimum atomic E-state index is -0.972. The van der Waals surface area contributed by atoms with Gasteiger partial charge in [-0.05, 0) is 53.8 Å². The average Bonchev–Trinajstić information content (AvgIpc) is 3.59. The molecular formula is C34H41Cl2SSiZr. The smallest absolute Gasteiger partial charge is 1.00 e. The summed E-state index contributed by atoms with van der Waals surface area (Å²) in [7, 11) is -0.972. The molecule has 2 bridgehead atoms. The summed E-state index contributed by atoms with van der Waals surface area (Å²) in [6, 6.07) is 22.9. The number of thiophene rings is 1. The zero-order chi connectivity index (χ0) is 25.4. The van der Waals surface area contributed by atoms with Gasteiger partial charge in [-0.3, -0.25) is 0 Å². The van der Waals surface area contributed by atoms with Crippen LogP contribution in [0.5, 0.6) is 0 Å². The van der Waals surface area contributed by atoms with Crippen LogP contribution in [0.25, 0.3) is 27.1 Å². The largest absolute Gasteiger partial charge is 3.00 e. The monoisotopic (exact) mass is 669 g/mol. The van der Waals surface area contributed by atoms with E-state index in [-0.39, 0.29) is 51.0 Å². The van der Waals surface area contributed by atoms with Crippen LogP contribution in [0.4, 0.5) is 0 Å². The van der Waals surface area contributed by atoms with Gasteiger partial charge in [0.2, 0.25) is 0 Å². The van der Waals surface area contributed by atoms with Gasteiger partial charge in [0.1, 0.15) is 0 Å². The van der Waals surface area contributed by atoms with E-state index in [1.165, 1.54) is 65.1 Å². The second-order valence-electron chi connectivity index (χ2n) is 11.7. The van der Waals surface area contributed by atoms with Crippen LogP contribution < -0.4 is 24.8 Å². The maximum Gasteiger partial charge on any atom is 3.00 e. The number of halogens is 2. The van der Waals surface area contributed by atoms with Crippen molar-refractivity contribution in [3.05, 3.63) is 93.2 Å². The molecule has 0 nitrogen and oxygen atoms in total. The second-order valence-corrected chi connectivity index (χ2v) is 17.1. The van der Waals surface area contributed by atoms with Crippen LogP contribution in [0.3, 0.4) is 0 Å². The first-order valence-electron chi connectivity index (χ1n) is 13.9. The number of hydrogen-bond acceptors (Lipinski definition) is 1. The SMILES string of the molecule is CC1=C2c3ccsc3C1[Si]2(C)C.CCCCCCc1ccc(-c2cccc3[cH-]c(C(C)C)cc23)cc1.[Cl-].[Cl-].[Zr+3]. The summed E-state index contributed by atoms with van der Waals surface area (Å²) < 4.78 is 0. The second kappa shape index (κ2) is 14.4. The molecule has 0 fully saturated rings. The normalized spacial score (nSPS) is 15.9. The van der Waals surface area contributed by atoms with Gasteiger partial charge in [-0.25, -0.2) is 0 Å². The van der Waals surface area contributed by atoms with Crippen LogP contribution in [0.2, 0.25) is 13.1 Å². The van der Waals surface area contributed by atoms with Gasteiger partial charge in [-0.2, -0.15) is 6.07 Å². The summed E-state index contributed by atoms with van der Waals surface area (Å²) in [6.07, 6.45) is 6.53. The van der Waals surface area contributed by atoms with Crippen molar-refractivity contribution >= 4 is 35.4 Å². The quantitative estimate of drug-likeness (QED) is 0.149. The summed E-state index contributed by atoms with van der Waals surface area (Å²) in [4.78, 5) is 1.68. The number of allylic oxidation sites excluding steroid dienone is 1. The molecule has 205 valence electrons. The van der Waals surface area contributed by atoms with Crippen LogP contribution in [0, 0.1) is 0 Å². The molecule has 1 atom stereocenters. The minimum absolute atomic E-state index is 0. The molecule has 1 radical (unpaired) electrons. The molecule has 4 aromatic rings. The molecule has 3 aliphatic rings. The Labute approximate surface area is 273 Å². The Hall–Kier alpha value is -0.830. The first-order valence-corrected chi connectivity index (χ1v) is 17.9. The number of aryl methyl sites for hydroxylation is 1. The number of benzene rings is 2. The third-order valence-corrected chi connectivity index (χ3v) is 13.8. The molecule has 39 heavy (non-hydrogen) atoms. The van der Waals surface area contributed by atoms with E-state index in [1.807, 2.05) is 11.3 Å². The molecule has 0 saturated heterocycles. The molecule has 1 unspecified atom stereocenters. The molecule has 3 heterocycles. The predicted octanol–water partition coefficient (Wildman–Crippen LogP) is 4.90. The standard InChI is InChI=1S/C24H29.C10H12SSi.2ClH.Zr/c1-4-5-6-7-9-19-12-14-20(15-13-19)23-11-8-10-21-16-22(18(2)3)17-24(21)23;1-6-9-7-4-5-11-8(7)10(6)12(9,2)3;;;/h8,10-18H,4-7,9H2,1-3H3;4-5,10H,1-3H3;2*1H;/q-1;;;;+3/p-2. The fourth-order valence-electron chi connectivity index (χ4n) is 6.55. The van der Waals surface area contributed by atoms with Crippen molar-refractivity contribution in [2.75, 3.05) is 0 Å². The molecule has 5 heteroatoms. The Morgan fingerprint density at radius 1 is 0.923 bits per heavy atom. The van der Waals surface area contributed by atoms with Crippen LogP contribution in [0.1, 0.15) is 86.4 Å². The first kappa shape index (κ1) is 34.4. The molecule has 3 aromatic carbocycles. The van der Waals surface area contributed by atoms with Crippen molar-refractivity contribution in [3.8, 4) is 11.1 Å². The first-order chi connectivity index (χ1) is 17.3. The van der Waals surface area contributed by atoms with E-state index in [1.54, 1.807) is 21.2 Å². The van der Waals surface area contributed by atoms with E-state index in [2.05, 4.69) is 107 Å². The number of hydrogen-bond donors (Lipinski definition) is 0. The molecule has 0 saturated carbocycles. The zero-order valence-electron chi connectivity index (χ0n) is 24.2. The van der Waals surface area contributed by atoms with Gasteiger partial charge >= 0.3 is 26.2 Å². The number of fused-ring (bicyclic) bond motifs is 1. The van der Waals surface area contributed by atoms with Crippen molar-refractivity contribution in [1.29, 1.82) is 0 Å². The van der Waals surface area contributed by atoms with Gasteiger partial charge in [0.15, 0.2) is 0 Å². The van der Waals surface area contributed by atoms with E-state index in [0.717, 1.165) is 5.54 Å². The number of unbranched alkanes of at least 4 members (excludes halogenated alkanes) is 3. The third-order valence-electron chi connectivity index (χ3n) is 8.44. The Morgan fingerprint density at radius 3 is 2.26 bits per heavy atom. The van der Waals surface area contributed by atoms with E-state index in [0.29, 0.717) is 5.92 Å². The Balaban J connectivity index is 0.000000300. The average molecular weight is 672 g/mol. The van der Waals surface area contributed by atoms with Crippen molar-refractivity contribution in [2.24, 2.45) is 0 Å². The van der Waals surface area contributed by atoms with Crippen LogP contribution in [0.15, 0.2) is 71.6 Å². The van der Waals surface area contributed by atoms with E-state index >= 15 is 0 Å². The van der Waals surface area contributed by atoms with Crippen molar-refractivity contribution < 1.29 is 51.0 Å². The summed E-state index contributed by atoms with van der Waals surface area (Å²) in [5, 5.41) is 6.76. The Kier molecular flexibility index (Phi) is 12.7. The van der Waals surface area contributed by atoms with E-state index in [4.69, 9.17) is 0 Å². The van der Waals surface area contributed by atoms with Crippen molar-refractivity contribution in [1.82, 2.24) is 0 Å². The summed E-state index contributed by atoms with van der Waals surface area (Å²) in [5.41, 5.74) is 9.78. The van der Waals surface area contributed by atoms with Crippen molar-refractivity contribution in [3.63, 3.8) is 0 Å². The maximum atomic E-state index is 2.51. The fourth-order valence-corrected chi connectivity index (χ4v) is 12.9. The van der Waals surface area contributed by atoms with E-state index in [9.17, 15) is 0 Å². The van der Waals surface area contributed by atoms with Crippen molar-refractivity contribution in [2.45, 2.75) is 84.4 Å². The van der Waals surface area contributed by atoms with Gasteiger partial charge in [0.05, 0.1) is 8.07 Å². The van der Waals surface area contributed by atoms with Gasteiger partial charge in [-0.1, -0.05) is 99.8 Å². The minimum Gasteiger partial charge on any atom is -1.00 e. The van der Waals surface area contributed by atoms with Gasteiger partial charge < -0.3 is 24.8 Å². The molecule has 0 N–H and O–H groups in total. The molecule has 0 amide bonds. The topological polar surface area (TPSA) is 0 Å². The third kappa shape index (κ3) is 6.65. The fraction of sp³-hybridized carbons (Fsp3) is 0.382. The maximum absolute atomic E-state index is 2.51. The predicted molar refractivity (Wildman–Crippen MR) is 164 cm³/mol. The van der Waals surface area contributed by atoms with Crippen LogP contribution in [-0.2, 0) is 32.6 Å². The molecular weight excluding hydrogens is 631 g/mol. The van der Waals surface area contributed by atoms with E-state index < -0.39 is 8.07 Å². The molecule has 7 rings (SSSR count). The molecule has 1 aliphatic carbocycles. The molecule has 1 aromatic heterocycles. The van der Waals surface area contributed by atoms with Crippen LogP contribution >= 0.6 is 11.3 Å². The summed E-state index contributed by atoms with van der Waals surface area (Å²) in [5.74, 6) is 0.579. The van der Waals surface area contributed by atoms with Gasteiger partial charge in [-0.15, -0.1) is 45.9 Å². The molecule has 2 aliphatic heterocycles. The molecule has 0 spiro atoms. The van der Waals surface area contributed by atoms with Gasteiger partial charge in [0.25, 0.3) is 0 Å². The van der Waals surface area contributed by atoms with Crippen LogP contribution in [-0.4, -0.2) is 8.07 Å². The zero-order valence-corrected chi connectivity index (χ0v) is 30.0. The summed E-state index contributed by atoms with van der Waals surface area (Å²) in [6.45, 7) is 14.1. The summed E-state index contributed by atoms with van der Waals surface area (Å²) >= 11 is 1.96. The Bertz CT molecular complexity index is 1390. The number of rotatable bonds is 7.